The zero-order valence-corrected chi connectivity index (χ0v) is 18.6. The van der Waals surface area contributed by atoms with Crippen molar-refractivity contribution < 1.29 is 13.5 Å². The van der Waals surface area contributed by atoms with Gasteiger partial charge in [-0.3, -0.25) is 0 Å². The van der Waals surface area contributed by atoms with E-state index >= 15 is 8.78 Å². The van der Waals surface area contributed by atoms with Gasteiger partial charge in [-0.15, -0.1) is 6.58 Å². The molecule has 31 heavy (non-hydrogen) atoms. The molecule has 0 aliphatic heterocycles. The Labute approximate surface area is 185 Å². The molecule has 0 bridgehead atoms. The number of hydrogen-bond donors (Lipinski definition) is 0. The topological polar surface area (TPSA) is 9.23 Å². The number of allylic oxidation sites excluding steroid dienone is 1. The second-order valence-corrected chi connectivity index (χ2v) is 9.30. The Bertz CT molecular complexity index is 865. The summed E-state index contributed by atoms with van der Waals surface area (Å²) in [6.07, 6.45) is 10.7. The minimum Gasteiger partial charge on any atom is -0.378 e. The Morgan fingerprint density at radius 1 is 0.968 bits per heavy atom. The lowest BCUT2D eigenvalue weighted by atomic mass is 9.65. The van der Waals surface area contributed by atoms with Crippen molar-refractivity contribution in [3.05, 3.63) is 71.8 Å². The van der Waals surface area contributed by atoms with Crippen molar-refractivity contribution in [2.45, 2.75) is 70.3 Å². The first-order chi connectivity index (χ1) is 15.1. The Balaban J connectivity index is 1.47. The first-order valence-electron chi connectivity index (χ1n) is 11.9. The minimum atomic E-state index is -0.448. The maximum atomic E-state index is 15.1. The summed E-state index contributed by atoms with van der Waals surface area (Å²) in [5, 5.41) is 0. The summed E-state index contributed by atoms with van der Waals surface area (Å²) >= 11 is 0. The van der Waals surface area contributed by atoms with Crippen LogP contribution in [0.3, 0.4) is 0 Å². The van der Waals surface area contributed by atoms with Gasteiger partial charge in [0.25, 0.3) is 0 Å². The molecule has 4 atom stereocenters. The van der Waals surface area contributed by atoms with Crippen molar-refractivity contribution in [1.29, 1.82) is 0 Å². The quantitative estimate of drug-likeness (QED) is 0.411. The largest absolute Gasteiger partial charge is 0.378 e. The van der Waals surface area contributed by atoms with Crippen LogP contribution in [0.1, 0.15) is 68.9 Å². The molecule has 2 aromatic carbocycles. The molecule has 2 aliphatic rings. The van der Waals surface area contributed by atoms with Gasteiger partial charge in [0.05, 0.1) is 11.7 Å². The summed E-state index contributed by atoms with van der Waals surface area (Å²) in [6, 6.07) is 10.7. The summed E-state index contributed by atoms with van der Waals surface area (Å²) in [6.45, 7) is 6.59. The lowest BCUT2D eigenvalue weighted by Gasteiger charge is -2.42. The molecule has 0 heterocycles. The van der Waals surface area contributed by atoms with E-state index in [0.29, 0.717) is 23.5 Å². The van der Waals surface area contributed by atoms with E-state index in [-0.39, 0.29) is 11.5 Å². The number of aryl methyl sites for hydroxylation is 1. The van der Waals surface area contributed by atoms with Gasteiger partial charge in [-0.25, -0.2) is 8.78 Å². The summed E-state index contributed by atoms with van der Waals surface area (Å²) in [5.41, 5.74) is 2.66. The molecular weight excluding hydrogens is 390 g/mol. The van der Waals surface area contributed by atoms with Crippen molar-refractivity contribution in [1.82, 2.24) is 0 Å². The summed E-state index contributed by atoms with van der Waals surface area (Å²) in [4.78, 5) is 0. The number of halogens is 2. The van der Waals surface area contributed by atoms with Gasteiger partial charge in [0, 0.05) is 6.61 Å². The second-order valence-electron chi connectivity index (χ2n) is 9.30. The first-order valence-corrected chi connectivity index (χ1v) is 11.9. The molecule has 0 N–H and O–H groups in total. The van der Waals surface area contributed by atoms with Crippen LogP contribution in [0.2, 0.25) is 0 Å². The standard InChI is InChI=1S/C28H34F2O/c1-3-5-6-19-7-9-20(10-8-19)28-26(29)17-24(18-27(28)30)22-11-12-23-16-25(31-4-2)14-13-21(23)15-22/h3,7-10,17-18,21-23,25H,1,4-6,11-16H2,2H3. The fourth-order valence-electron chi connectivity index (χ4n) is 5.75. The Hall–Kier alpha value is -2.00. The predicted octanol–water partition coefficient (Wildman–Crippen LogP) is 7.84. The highest BCUT2D eigenvalue weighted by atomic mass is 19.1. The molecule has 2 saturated carbocycles. The maximum Gasteiger partial charge on any atom is 0.134 e. The molecule has 0 amide bonds. The molecule has 4 rings (SSSR count). The first kappa shape index (κ1) is 22.2. The highest BCUT2D eigenvalue weighted by Gasteiger charge is 2.36. The number of hydrogen-bond acceptors (Lipinski definition) is 1. The van der Waals surface area contributed by atoms with Gasteiger partial charge in [-0.1, -0.05) is 30.3 Å². The summed E-state index contributed by atoms with van der Waals surface area (Å²) in [5.74, 6) is 0.718. The maximum absolute atomic E-state index is 15.1. The Morgan fingerprint density at radius 3 is 2.32 bits per heavy atom. The average Bonchev–Trinajstić information content (AvgIpc) is 2.78. The lowest BCUT2D eigenvalue weighted by Crippen LogP contribution is -2.33. The molecular formula is C28H34F2O. The van der Waals surface area contributed by atoms with E-state index in [9.17, 15) is 0 Å². The molecule has 0 aromatic heterocycles. The zero-order chi connectivity index (χ0) is 21.8. The number of rotatable bonds is 7. The van der Waals surface area contributed by atoms with Gasteiger partial charge in [0.15, 0.2) is 0 Å². The lowest BCUT2D eigenvalue weighted by molar-refractivity contribution is -0.00957. The minimum absolute atomic E-state index is 0.0879. The van der Waals surface area contributed by atoms with Gasteiger partial charge in [0.2, 0.25) is 0 Å². The van der Waals surface area contributed by atoms with Gasteiger partial charge < -0.3 is 4.74 Å². The number of ether oxygens (including phenoxy) is 1. The van der Waals surface area contributed by atoms with E-state index in [1.54, 1.807) is 12.1 Å². The summed E-state index contributed by atoms with van der Waals surface area (Å²) < 4.78 is 36.0. The van der Waals surface area contributed by atoms with E-state index < -0.39 is 11.6 Å². The van der Waals surface area contributed by atoms with Crippen LogP contribution >= 0.6 is 0 Å². The summed E-state index contributed by atoms with van der Waals surface area (Å²) in [7, 11) is 0. The van der Waals surface area contributed by atoms with Crippen LogP contribution in [0.25, 0.3) is 11.1 Å². The van der Waals surface area contributed by atoms with Gasteiger partial charge in [0.1, 0.15) is 11.6 Å². The smallest absolute Gasteiger partial charge is 0.134 e. The van der Waals surface area contributed by atoms with Crippen LogP contribution in [0.5, 0.6) is 0 Å². The van der Waals surface area contributed by atoms with Gasteiger partial charge in [-0.2, -0.15) is 0 Å². The third-order valence-corrected chi connectivity index (χ3v) is 7.38. The third-order valence-electron chi connectivity index (χ3n) is 7.38. The normalized spacial score (nSPS) is 25.8. The van der Waals surface area contributed by atoms with Crippen LogP contribution in [-0.4, -0.2) is 12.7 Å². The SMILES string of the molecule is C=CCCc1ccc(-c2c(F)cc(C3CCC4CC(OCC)CCC4C3)cc2F)cc1. The van der Waals surface area contributed by atoms with E-state index in [1.807, 2.05) is 30.3 Å². The monoisotopic (exact) mass is 424 g/mol. The van der Waals surface area contributed by atoms with Crippen LogP contribution in [-0.2, 0) is 11.2 Å². The van der Waals surface area contributed by atoms with Crippen LogP contribution in [0, 0.1) is 23.5 Å². The molecule has 2 fully saturated rings. The average molecular weight is 425 g/mol. The molecule has 0 radical (unpaired) electrons. The molecule has 1 nitrogen and oxygen atoms in total. The molecule has 0 saturated heterocycles. The third kappa shape index (κ3) is 5.09. The van der Waals surface area contributed by atoms with Gasteiger partial charge in [-0.05, 0) is 105 Å². The van der Waals surface area contributed by atoms with Crippen molar-refractivity contribution in [2.75, 3.05) is 6.61 Å². The second kappa shape index (κ2) is 10.1. The van der Waals surface area contributed by atoms with E-state index in [1.165, 1.54) is 6.42 Å². The molecule has 2 aliphatic carbocycles. The Morgan fingerprint density at radius 2 is 1.65 bits per heavy atom. The van der Waals surface area contributed by atoms with E-state index in [0.717, 1.165) is 62.7 Å². The van der Waals surface area contributed by atoms with E-state index in [2.05, 4.69) is 13.5 Å². The van der Waals surface area contributed by atoms with Crippen LogP contribution in [0.15, 0.2) is 49.1 Å². The van der Waals surface area contributed by atoms with Gasteiger partial charge >= 0.3 is 0 Å². The highest BCUT2D eigenvalue weighted by Crippen LogP contribution is 2.47. The van der Waals surface area contributed by atoms with Crippen molar-refractivity contribution in [3.8, 4) is 11.1 Å². The fraction of sp³-hybridized carbons (Fsp3) is 0.500. The predicted molar refractivity (Wildman–Crippen MR) is 123 cm³/mol. The number of benzene rings is 2. The molecule has 166 valence electrons. The Kier molecular flexibility index (Phi) is 7.22. The van der Waals surface area contributed by atoms with E-state index in [4.69, 9.17) is 4.74 Å². The molecule has 0 spiro atoms. The zero-order valence-electron chi connectivity index (χ0n) is 18.6. The van der Waals surface area contributed by atoms with Crippen LogP contribution < -0.4 is 0 Å². The van der Waals surface area contributed by atoms with Crippen molar-refractivity contribution in [2.24, 2.45) is 11.8 Å². The molecule has 4 unspecified atom stereocenters. The highest BCUT2D eigenvalue weighted by molar-refractivity contribution is 5.65. The molecule has 3 heteroatoms. The van der Waals surface area contributed by atoms with Crippen LogP contribution in [0.4, 0.5) is 8.78 Å². The van der Waals surface area contributed by atoms with Crippen molar-refractivity contribution >= 4 is 0 Å². The number of fused-ring (bicyclic) bond motifs is 1. The fourth-order valence-corrected chi connectivity index (χ4v) is 5.75. The molecule has 2 aromatic rings. The van der Waals surface area contributed by atoms with Crippen molar-refractivity contribution in [3.63, 3.8) is 0 Å².